The Morgan fingerprint density at radius 1 is 1.13 bits per heavy atom. The van der Waals surface area contributed by atoms with Crippen LogP contribution in [0.4, 0.5) is 0 Å². The van der Waals surface area contributed by atoms with Gasteiger partial charge in [-0.3, -0.25) is 0 Å². The molecule has 6 nitrogen and oxygen atoms in total. The predicted molar refractivity (Wildman–Crippen MR) is 89.3 cm³/mol. The molecule has 2 rings (SSSR count). The highest BCUT2D eigenvalue weighted by molar-refractivity contribution is 7.89. The topological polar surface area (TPSA) is 59.1 Å². The lowest BCUT2D eigenvalue weighted by molar-refractivity contribution is 0.0730. The molecule has 0 spiro atoms. The first-order valence-electron chi connectivity index (χ1n) is 8.11. The number of benzene rings is 1. The molecule has 1 heterocycles. The van der Waals surface area contributed by atoms with E-state index in [0.717, 1.165) is 19.6 Å². The first-order chi connectivity index (χ1) is 11.1. The first-order valence-corrected chi connectivity index (χ1v) is 9.55. The van der Waals surface area contributed by atoms with Crippen molar-refractivity contribution in [3.8, 4) is 5.75 Å². The van der Waals surface area contributed by atoms with Crippen molar-refractivity contribution < 1.29 is 17.9 Å². The molecule has 7 heteroatoms. The maximum absolute atomic E-state index is 12.5. The molecule has 0 amide bonds. The number of hydrogen-bond acceptors (Lipinski definition) is 5. The zero-order chi connectivity index (χ0) is 16.7. The lowest BCUT2D eigenvalue weighted by atomic mass is 10.3. The van der Waals surface area contributed by atoms with Crippen LogP contribution in [0, 0.1) is 0 Å². The van der Waals surface area contributed by atoms with Gasteiger partial charge in [-0.15, -0.1) is 0 Å². The van der Waals surface area contributed by atoms with E-state index in [-0.39, 0.29) is 0 Å². The van der Waals surface area contributed by atoms with Gasteiger partial charge in [0.25, 0.3) is 0 Å². The lowest BCUT2D eigenvalue weighted by Crippen LogP contribution is -2.40. The fourth-order valence-corrected chi connectivity index (χ4v) is 3.88. The SMILES string of the molecule is CCN(CC)CCOc1ccc(S(=O)(=O)N2CCOCC2)cc1. The maximum atomic E-state index is 12.5. The number of rotatable bonds is 8. The molecule has 0 radical (unpaired) electrons. The van der Waals surface area contributed by atoms with E-state index in [1.54, 1.807) is 24.3 Å². The Kier molecular flexibility index (Phi) is 6.83. The van der Waals surface area contributed by atoms with Crippen molar-refractivity contribution in [1.82, 2.24) is 9.21 Å². The second-order valence-corrected chi connectivity index (χ2v) is 7.30. The third-order valence-electron chi connectivity index (χ3n) is 4.00. The van der Waals surface area contributed by atoms with Crippen molar-refractivity contribution >= 4 is 10.0 Å². The Bertz CT molecular complexity index is 564. The summed E-state index contributed by atoms with van der Waals surface area (Å²) in [6.07, 6.45) is 0. The highest BCUT2D eigenvalue weighted by Crippen LogP contribution is 2.20. The van der Waals surface area contributed by atoms with Crippen molar-refractivity contribution in [3.05, 3.63) is 24.3 Å². The summed E-state index contributed by atoms with van der Waals surface area (Å²) in [5, 5.41) is 0. The van der Waals surface area contributed by atoms with E-state index in [4.69, 9.17) is 9.47 Å². The maximum Gasteiger partial charge on any atom is 0.243 e. The number of likely N-dealkylation sites (N-methyl/N-ethyl adjacent to an activating group) is 1. The third-order valence-corrected chi connectivity index (χ3v) is 5.92. The molecule has 1 aliphatic heterocycles. The molecular weight excluding hydrogens is 316 g/mol. The van der Waals surface area contributed by atoms with E-state index in [2.05, 4.69) is 18.7 Å². The zero-order valence-corrected chi connectivity index (χ0v) is 14.7. The summed E-state index contributed by atoms with van der Waals surface area (Å²) in [6, 6.07) is 6.65. The molecule has 0 N–H and O–H groups in total. The Balaban J connectivity index is 1.93. The molecule has 130 valence electrons. The van der Waals surface area contributed by atoms with Gasteiger partial charge in [0.05, 0.1) is 18.1 Å². The predicted octanol–water partition coefficient (Wildman–Crippen LogP) is 1.43. The van der Waals surface area contributed by atoms with Crippen LogP contribution < -0.4 is 4.74 Å². The van der Waals surface area contributed by atoms with Crippen LogP contribution in [0.15, 0.2) is 29.2 Å². The largest absolute Gasteiger partial charge is 0.492 e. The van der Waals surface area contributed by atoms with Gasteiger partial charge in [-0.05, 0) is 37.4 Å². The number of hydrogen-bond donors (Lipinski definition) is 0. The molecule has 1 aromatic rings. The Morgan fingerprint density at radius 2 is 1.74 bits per heavy atom. The van der Waals surface area contributed by atoms with Gasteiger partial charge in [0.1, 0.15) is 12.4 Å². The normalized spacial score (nSPS) is 16.7. The number of nitrogens with zero attached hydrogens (tertiary/aromatic N) is 2. The van der Waals surface area contributed by atoms with Crippen molar-refractivity contribution in [2.75, 3.05) is 52.5 Å². The van der Waals surface area contributed by atoms with E-state index in [1.807, 2.05) is 0 Å². The average Bonchev–Trinajstić information content (AvgIpc) is 2.60. The van der Waals surface area contributed by atoms with Gasteiger partial charge < -0.3 is 14.4 Å². The van der Waals surface area contributed by atoms with Crippen LogP contribution in [0.25, 0.3) is 0 Å². The van der Waals surface area contributed by atoms with Gasteiger partial charge >= 0.3 is 0 Å². The van der Waals surface area contributed by atoms with Crippen molar-refractivity contribution in [1.29, 1.82) is 0 Å². The summed E-state index contributed by atoms with van der Waals surface area (Å²) in [7, 11) is -3.43. The quantitative estimate of drug-likeness (QED) is 0.715. The summed E-state index contributed by atoms with van der Waals surface area (Å²) in [5.74, 6) is 0.693. The molecule has 0 aromatic heterocycles. The highest BCUT2D eigenvalue weighted by Gasteiger charge is 2.26. The van der Waals surface area contributed by atoms with Crippen LogP contribution in [0.2, 0.25) is 0 Å². The van der Waals surface area contributed by atoms with Gasteiger partial charge in [0.2, 0.25) is 10.0 Å². The number of ether oxygens (including phenoxy) is 2. The smallest absolute Gasteiger partial charge is 0.243 e. The van der Waals surface area contributed by atoms with E-state index in [9.17, 15) is 8.42 Å². The van der Waals surface area contributed by atoms with Crippen LogP contribution in [-0.4, -0.2) is 70.2 Å². The third kappa shape index (κ3) is 4.91. The number of sulfonamides is 1. The summed E-state index contributed by atoms with van der Waals surface area (Å²) in [5.41, 5.74) is 0. The van der Waals surface area contributed by atoms with Crippen LogP contribution in [0.1, 0.15) is 13.8 Å². The molecule has 1 aliphatic rings. The van der Waals surface area contributed by atoms with E-state index in [0.29, 0.717) is 43.6 Å². The average molecular weight is 342 g/mol. The van der Waals surface area contributed by atoms with E-state index >= 15 is 0 Å². The molecule has 23 heavy (non-hydrogen) atoms. The van der Waals surface area contributed by atoms with Crippen molar-refractivity contribution in [3.63, 3.8) is 0 Å². The van der Waals surface area contributed by atoms with Gasteiger partial charge in [-0.2, -0.15) is 4.31 Å². The summed E-state index contributed by atoms with van der Waals surface area (Å²) in [6.45, 7) is 9.40. The van der Waals surface area contributed by atoms with Gasteiger partial charge in [-0.1, -0.05) is 13.8 Å². The van der Waals surface area contributed by atoms with E-state index in [1.165, 1.54) is 4.31 Å². The summed E-state index contributed by atoms with van der Waals surface area (Å²) < 4.78 is 37.4. The molecule has 0 aliphatic carbocycles. The first kappa shape index (κ1) is 18.2. The second kappa shape index (κ2) is 8.63. The van der Waals surface area contributed by atoms with Crippen LogP contribution >= 0.6 is 0 Å². The van der Waals surface area contributed by atoms with Crippen LogP contribution in [0.3, 0.4) is 0 Å². The van der Waals surface area contributed by atoms with Crippen molar-refractivity contribution in [2.24, 2.45) is 0 Å². The monoisotopic (exact) mass is 342 g/mol. The Hall–Kier alpha value is -1.15. The minimum atomic E-state index is -3.43. The minimum Gasteiger partial charge on any atom is -0.492 e. The molecule has 1 saturated heterocycles. The zero-order valence-electron chi connectivity index (χ0n) is 13.9. The van der Waals surface area contributed by atoms with Gasteiger partial charge in [-0.25, -0.2) is 8.42 Å². The van der Waals surface area contributed by atoms with Crippen LogP contribution in [0.5, 0.6) is 5.75 Å². The molecule has 1 aromatic carbocycles. The number of morpholine rings is 1. The summed E-state index contributed by atoms with van der Waals surface area (Å²) >= 11 is 0. The molecule has 0 bridgehead atoms. The Morgan fingerprint density at radius 3 is 2.30 bits per heavy atom. The summed E-state index contributed by atoms with van der Waals surface area (Å²) in [4.78, 5) is 2.58. The second-order valence-electron chi connectivity index (χ2n) is 5.36. The molecule has 1 fully saturated rings. The minimum absolute atomic E-state index is 0.301. The van der Waals surface area contributed by atoms with E-state index < -0.39 is 10.0 Å². The fraction of sp³-hybridized carbons (Fsp3) is 0.625. The molecule has 0 atom stereocenters. The molecular formula is C16H26N2O4S. The molecule has 0 unspecified atom stereocenters. The lowest BCUT2D eigenvalue weighted by Gasteiger charge is -2.26. The molecule has 0 saturated carbocycles. The fourth-order valence-electron chi connectivity index (χ4n) is 2.48. The van der Waals surface area contributed by atoms with Gasteiger partial charge in [0, 0.05) is 19.6 Å². The van der Waals surface area contributed by atoms with Crippen molar-refractivity contribution in [2.45, 2.75) is 18.7 Å². The van der Waals surface area contributed by atoms with Crippen LogP contribution in [-0.2, 0) is 14.8 Å². The Labute approximate surface area is 139 Å². The standard InChI is InChI=1S/C16H26N2O4S/c1-3-17(4-2)9-14-22-15-5-7-16(8-6-15)23(19,20)18-10-12-21-13-11-18/h5-8H,3-4,9-14H2,1-2H3. The van der Waals surface area contributed by atoms with Gasteiger partial charge in [0.15, 0.2) is 0 Å². The highest BCUT2D eigenvalue weighted by atomic mass is 32.2.